The Balaban J connectivity index is 3.99. The van der Waals surface area contributed by atoms with E-state index in [1.54, 1.807) is 27.7 Å². The Morgan fingerprint density at radius 1 is 1.35 bits per heavy atom. The maximum atomic E-state index is 11.2. The fraction of sp³-hybridized carbons (Fsp3) is 0.900. The average Bonchev–Trinajstić information content (AvgIpc) is 1.95. The third-order valence-corrected chi connectivity index (χ3v) is 2.59. The van der Waals surface area contributed by atoms with Gasteiger partial charge >= 0.3 is 5.97 Å². The van der Waals surface area contributed by atoms with E-state index in [1.807, 2.05) is 0 Å². The van der Waals surface area contributed by atoms with Crippen LogP contribution in [0.2, 0.25) is 0 Å². The summed E-state index contributed by atoms with van der Waals surface area (Å²) in [6.07, 6.45) is 0.952. The highest BCUT2D eigenvalue weighted by Crippen LogP contribution is 2.01. The molecule has 7 heteroatoms. The molecule has 0 atom stereocenters. The Bertz CT molecular complexity index is 349. The zero-order chi connectivity index (χ0) is 13.7. The number of esters is 1. The molecular weight excluding hydrogens is 244 g/mol. The largest absolute Gasteiger partial charge is 0.462 e. The lowest BCUT2D eigenvalue weighted by atomic mass is 10.1. The van der Waals surface area contributed by atoms with Crippen LogP contribution in [0.5, 0.6) is 0 Å². The van der Waals surface area contributed by atoms with Crippen molar-refractivity contribution in [2.75, 3.05) is 19.3 Å². The number of carbonyl (C=O) groups is 1. The number of carbonyl (C=O) groups excluding carboxylic acids is 1. The molecule has 0 unspecified atom stereocenters. The van der Waals surface area contributed by atoms with E-state index < -0.39 is 15.6 Å². The lowest BCUT2D eigenvalue weighted by Gasteiger charge is -2.25. The minimum absolute atomic E-state index is 0.0626. The monoisotopic (exact) mass is 266 g/mol. The summed E-state index contributed by atoms with van der Waals surface area (Å²) in [7, 11) is -3.26. The first kappa shape index (κ1) is 16.3. The highest BCUT2D eigenvalue weighted by molar-refractivity contribution is 7.88. The predicted molar refractivity (Wildman–Crippen MR) is 66.2 cm³/mol. The summed E-state index contributed by atoms with van der Waals surface area (Å²) in [5, 5.41) is 2.85. The SMILES string of the molecule is CC(C)OC(=O)CNCC(C)(C)NS(C)(=O)=O. The Morgan fingerprint density at radius 3 is 2.29 bits per heavy atom. The van der Waals surface area contributed by atoms with E-state index in [0.29, 0.717) is 6.54 Å². The maximum Gasteiger partial charge on any atom is 0.320 e. The van der Waals surface area contributed by atoms with E-state index in [0.717, 1.165) is 6.26 Å². The van der Waals surface area contributed by atoms with Gasteiger partial charge in [-0.3, -0.25) is 4.79 Å². The van der Waals surface area contributed by atoms with Crippen LogP contribution < -0.4 is 10.0 Å². The smallest absolute Gasteiger partial charge is 0.320 e. The zero-order valence-electron chi connectivity index (χ0n) is 11.0. The van der Waals surface area contributed by atoms with Crippen molar-refractivity contribution >= 4 is 16.0 Å². The third-order valence-electron chi connectivity index (χ3n) is 1.67. The van der Waals surface area contributed by atoms with Crippen LogP contribution in [-0.4, -0.2) is 45.4 Å². The summed E-state index contributed by atoms with van der Waals surface area (Å²) < 4.78 is 29.5. The van der Waals surface area contributed by atoms with E-state index in [9.17, 15) is 13.2 Å². The molecule has 0 aliphatic heterocycles. The Labute approximate surface area is 103 Å². The van der Waals surface area contributed by atoms with Crippen molar-refractivity contribution in [3.05, 3.63) is 0 Å². The molecule has 6 nitrogen and oxygen atoms in total. The number of nitrogens with one attached hydrogen (secondary N) is 2. The number of hydrogen-bond donors (Lipinski definition) is 2. The average molecular weight is 266 g/mol. The molecule has 0 fully saturated rings. The van der Waals surface area contributed by atoms with Gasteiger partial charge in [0.05, 0.1) is 18.9 Å². The van der Waals surface area contributed by atoms with Gasteiger partial charge in [0, 0.05) is 12.1 Å². The normalized spacial score (nSPS) is 12.8. The molecule has 0 aliphatic carbocycles. The number of rotatable bonds is 7. The van der Waals surface area contributed by atoms with Gasteiger partial charge < -0.3 is 10.1 Å². The van der Waals surface area contributed by atoms with Gasteiger partial charge in [-0.05, 0) is 27.7 Å². The summed E-state index contributed by atoms with van der Waals surface area (Å²) in [5.41, 5.74) is -0.647. The number of sulfonamides is 1. The fourth-order valence-electron chi connectivity index (χ4n) is 1.32. The standard InChI is InChI=1S/C10H22N2O4S/c1-8(2)16-9(13)6-11-7-10(3,4)12-17(5,14)15/h8,11-12H,6-7H2,1-5H3. The molecular formula is C10H22N2O4S. The second kappa shape index (κ2) is 6.32. The van der Waals surface area contributed by atoms with E-state index in [-0.39, 0.29) is 18.6 Å². The van der Waals surface area contributed by atoms with Crippen molar-refractivity contribution in [3.8, 4) is 0 Å². The Kier molecular flexibility index (Phi) is 6.08. The van der Waals surface area contributed by atoms with Crippen LogP contribution in [0.4, 0.5) is 0 Å². The van der Waals surface area contributed by atoms with Gasteiger partial charge in [0.25, 0.3) is 0 Å². The predicted octanol–water partition coefficient (Wildman–Crippen LogP) is -0.145. The van der Waals surface area contributed by atoms with Gasteiger partial charge in [-0.15, -0.1) is 0 Å². The fourth-order valence-corrected chi connectivity index (χ4v) is 2.40. The van der Waals surface area contributed by atoms with Crippen LogP contribution >= 0.6 is 0 Å². The molecule has 0 bridgehead atoms. The molecule has 102 valence electrons. The minimum Gasteiger partial charge on any atom is -0.462 e. The van der Waals surface area contributed by atoms with Gasteiger partial charge in [-0.25, -0.2) is 13.1 Å². The molecule has 0 amide bonds. The second-order valence-corrected chi connectivity index (χ2v) is 6.65. The molecule has 17 heavy (non-hydrogen) atoms. The molecule has 0 rings (SSSR count). The van der Waals surface area contributed by atoms with Gasteiger partial charge in [-0.2, -0.15) is 0 Å². The summed E-state index contributed by atoms with van der Waals surface area (Å²) in [4.78, 5) is 11.2. The van der Waals surface area contributed by atoms with Crippen LogP contribution in [0.3, 0.4) is 0 Å². The molecule has 2 N–H and O–H groups in total. The van der Waals surface area contributed by atoms with Crippen LogP contribution in [-0.2, 0) is 19.6 Å². The first-order chi connectivity index (χ1) is 7.52. The highest BCUT2D eigenvalue weighted by atomic mass is 32.2. The zero-order valence-corrected chi connectivity index (χ0v) is 11.8. The minimum atomic E-state index is -3.26. The topological polar surface area (TPSA) is 84.5 Å². The molecule has 0 aromatic rings. The molecule has 0 aliphatic rings. The van der Waals surface area contributed by atoms with E-state index >= 15 is 0 Å². The van der Waals surface area contributed by atoms with Crippen molar-refractivity contribution in [1.29, 1.82) is 0 Å². The van der Waals surface area contributed by atoms with Gasteiger partial charge in [0.15, 0.2) is 0 Å². The van der Waals surface area contributed by atoms with Crippen molar-refractivity contribution in [1.82, 2.24) is 10.0 Å². The van der Waals surface area contributed by atoms with Crippen LogP contribution in [0.25, 0.3) is 0 Å². The molecule has 0 saturated carbocycles. The quantitative estimate of drug-likeness (QED) is 0.626. The van der Waals surface area contributed by atoms with Gasteiger partial charge in [0.1, 0.15) is 0 Å². The lowest BCUT2D eigenvalue weighted by Crippen LogP contribution is -2.50. The van der Waals surface area contributed by atoms with Crippen molar-refractivity contribution in [2.45, 2.75) is 39.3 Å². The molecule has 0 saturated heterocycles. The molecule has 0 spiro atoms. The summed E-state index contributed by atoms with van der Waals surface area (Å²) >= 11 is 0. The summed E-state index contributed by atoms with van der Waals surface area (Å²) in [6.45, 7) is 7.41. The third kappa shape index (κ3) is 10.2. The van der Waals surface area contributed by atoms with E-state index in [4.69, 9.17) is 4.74 Å². The number of hydrogen-bond acceptors (Lipinski definition) is 5. The highest BCUT2D eigenvalue weighted by Gasteiger charge is 2.21. The Morgan fingerprint density at radius 2 is 1.88 bits per heavy atom. The molecule has 0 heterocycles. The van der Waals surface area contributed by atoms with Crippen LogP contribution in [0.15, 0.2) is 0 Å². The first-order valence-electron chi connectivity index (χ1n) is 5.41. The first-order valence-corrected chi connectivity index (χ1v) is 7.30. The molecule has 0 aromatic carbocycles. The van der Waals surface area contributed by atoms with Crippen molar-refractivity contribution in [3.63, 3.8) is 0 Å². The maximum absolute atomic E-state index is 11.2. The van der Waals surface area contributed by atoms with Crippen LogP contribution in [0.1, 0.15) is 27.7 Å². The van der Waals surface area contributed by atoms with Crippen LogP contribution in [0, 0.1) is 0 Å². The van der Waals surface area contributed by atoms with Gasteiger partial charge in [0.2, 0.25) is 10.0 Å². The van der Waals surface area contributed by atoms with E-state index in [1.165, 1.54) is 0 Å². The molecule has 0 radical (unpaired) electrons. The second-order valence-electron chi connectivity index (χ2n) is 4.90. The van der Waals surface area contributed by atoms with E-state index in [2.05, 4.69) is 10.0 Å². The Hall–Kier alpha value is -0.660. The van der Waals surface area contributed by atoms with Crippen molar-refractivity contribution < 1.29 is 17.9 Å². The molecule has 0 aromatic heterocycles. The number of ether oxygens (including phenoxy) is 1. The van der Waals surface area contributed by atoms with Crippen molar-refractivity contribution in [2.24, 2.45) is 0 Å². The van der Waals surface area contributed by atoms with Gasteiger partial charge in [-0.1, -0.05) is 0 Å². The summed E-state index contributed by atoms with van der Waals surface area (Å²) in [5.74, 6) is -0.352. The lowest BCUT2D eigenvalue weighted by molar-refractivity contribution is -0.146. The summed E-state index contributed by atoms with van der Waals surface area (Å²) in [6, 6.07) is 0.